The lowest BCUT2D eigenvalue weighted by molar-refractivity contribution is -0.148. The van der Waals surface area contributed by atoms with Crippen LogP contribution in [0, 0.1) is 19.3 Å². The summed E-state index contributed by atoms with van der Waals surface area (Å²) in [5, 5.41) is 13.2. The van der Waals surface area contributed by atoms with E-state index in [9.17, 15) is 14.7 Å². The molecule has 0 saturated carbocycles. The molecule has 1 aromatic rings. The van der Waals surface area contributed by atoms with Crippen LogP contribution < -0.4 is 0 Å². The van der Waals surface area contributed by atoms with E-state index in [0.29, 0.717) is 36.4 Å². The molecule has 6 nitrogen and oxygen atoms in total. The molecule has 1 N–H and O–H groups in total. The molecule has 1 fully saturated rings. The molecule has 0 spiro atoms. The van der Waals surface area contributed by atoms with Crippen molar-refractivity contribution in [3.05, 3.63) is 17.0 Å². The first-order chi connectivity index (χ1) is 9.41. The third kappa shape index (κ3) is 2.30. The molecule has 1 amide bonds. The van der Waals surface area contributed by atoms with Gasteiger partial charge < -0.3 is 14.5 Å². The Hall–Kier alpha value is -1.85. The van der Waals surface area contributed by atoms with E-state index in [-0.39, 0.29) is 12.5 Å². The Morgan fingerprint density at radius 2 is 2.15 bits per heavy atom. The van der Waals surface area contributed by atoms with E-state index in [1.165, 1.54) is 0 Å². The fraction of sp³-hybridized carbons (Fsp3) is 0.643. The highest BCUT2D eigenvalue weighted by atomic mass is 16.5. The summed E-state index contributed by atoms with van der Waals surface area (Å²) in [6.45, 7) is 6.10. The van der Waals surface area contributed by atoms with Crippen molar-refractivity contribution in [2.45, 2.75) is 40.0 Å². The van der Waals surface area contributed by atoms with Crippen LogP contribution in [-0.4, -0.2) is 40.1 Å². The van der Waals surface area contributed by atoms with Gasteiger partial charge in [0.15, 0.2) is 0 Å². The average Bonchev–Trinajstić information content (AvgIpc) is 2.95. The summed E-state index contributed by atoms with van der Waals surface area (Å²) in [7, 11) is 0. The first-order valence-electron chi connectivity index (χ1n) is 6.87. The van der Waals surface area contributed by atoms with Crippen LogP contribution in [0.1, 0.15) is 48.0 Å². The van der Waals surface area contributed by atoms with Gasteiger partial charge in [0.25, 0.3) is 5.91 Å². The third-order valence-electron chi connectivity index (χ3n) is 4.07. The van der Waals surface area contributed by atoms with Gasteiger partial charge in [-0.1, -0.05) is 18.5 Å². The van der Waals surface area contributed by atoms with Crippen LogP contribution in [0.25, 0.3) is 0 Å². The van der Waals surface area contributed by atoms with Gasteiger partial charge in [0.05, 0.1) is 11.1 Å². The Labute approximate surface area is 117 Å². The summed E-state index contributed by atoms with van der Waals surface area (Å²) in [6, 6.07) is 0. The normalized spacial score (nSPS) is 22.2. The molecule has 0 aromatic carbocycles. The molecule has 0 radical (unpaired) electrons. The standard InChI is InChI=1S/C14H20N2O4/c1-4-5-14(13(18)19)6-7-16(8-14)12(17)11-9(2)15-20-10(11)3/h4-8H2,1-3H3,(H,18,19). The van der Waals surface area contributed by atoms with Gasteiger partial charge in [-0.2, -0.15) is 0 Å². The van der Waals surface area contributed by atoms with E-state index in [4.69, 9.17) is 4.52 Å². The van der Waals surface area contributed by atoms with Crippen molar-refractivity contribution in [3.63, 3.8) is 0 Å². The maximum atomic E-state index is 12.5. The fourth-order valence-electron chi connectivity index (χ4n) is 2.96. The Balaban J connectivity index is 2.21. The predicted octanol–water partition coefficient (Wildman–Crippen LogP) is 2.01. The highest BCUT2D eigenvalue weighted by molar-refractivity contribution is 5.96. The summed E-state index contributed by atoms with van der Waals surface area (Å²) in [5.74, 6) is -0.510. The number of amides is 1. The van der Waals surface area contributed by atoms with Gasteiger partial charge in [-0.3, -0.25) is 9.59 Å². The van der Waals surface area contributed by atoms with Crippen molar-refractivity contribution < 1.29 is 19.2 Å². The summed E-state index contributed by atoms with van der Waals surface area (Å²) < 4.78 is 5.01. The summed E-state index contributed by atoms with van der Waals surface area (Å²) in [6.07, 6.45) is 1.89. The third-order valence-corrected chi connectivity index (χ3v) is 4.07. The van der Waals surface area contributed by atoms with Gasteiger partial charge in [-0.05, 0) is 26.7 Å². The molecular weight excluding hydrogens is 260 g/mol. The van der Waals surface area contributed by atoms with Crippen molar-refractivity contribution in [1.29, 1.82) is 0 Å². The summed E-state index contributed by atoms with van der Waals surface area (Å²) in [5.41, 5.74) is 0.210. The second-order valence-electron chi connectivity index (χ2n) is 5.51. The van der Waals surface area contributed by atoms with E-state index in [2.05, 4.69) is 5.16 Å². The molecule has 1 saturated heterocycles. The smallest absolute Gasteiger partial charge is 0.311 e. The van der Waals surface area contributed by atoms with Crippen LogP contribution in [-0.2, 0) is 4.79 Å². The summed E-state index contributed by atoms with van der Waals surface area (Å²) >= 11 is 0. The lowest BCUT2D eigenvalue weighted by Gasteiger charge is -2.24. The maximum absolute atomic E-state index is 12.5. The second-order valence-corrected chi connectivity index (χ2v) is 5.51. The average molecular weight is 280 g/mol. The van der Waals surface area contributed by atoms with Gasteiger partial charge in [-0.25, -0.2) is 0 Å². The zero-order chi connectivity index (χ0) is 14.9. The number of nitrogens with zero attached hydrogens (tertiary/aromatic N) is 2. The minimum Gasteiger partial charge on any atom is -0.481 e. The van der Waals surface area contributed by atoms with E-state index in [1.54, 1.807) is 18.7 Å². The predicted molar refractivity (Wildman–Crippen MR) is 71.5 cm³/mol. The zero-order valence-corrected chi connectivity index (χ0v) is 12.1. The molecule has 1 unspecified atom stereocenters. The Morgan fingerprint density at radius 3 is 2.65 bits per heavy atom. The van der Waals surface area contributed by atoms with Gasteiger partial charge in [0.2, 0.25) is 0 Å². The molecule has 6 heteroatoms. The number of aryl methyl sites for hydroxylation is 2. The number of carbonyl (C=O) groups excluding carboxylic acids is 1. The number of aromatic nitrogens is 1. The van der Waals surface area contributed by atoms with Crippen molar-refractivity contribution in [2.24, 2.45) is 5.41 Å². The minimum atomic E-state index is -0.812. The van der Waals surface area contributed by atoms with Gasteiger partial charge >= 0.3 is 5.97 Å². The highest BCUT2D eigenvalue weighted by Gasteiger charge is 2.46. The number of carboxylic acid groups (broad SMARTS) is 1. The molecule has 1 atom stereocenters. The van der Waals surface area contributed by atoms with Crippen LogP contribution in [0.3, 0.4) is 0 Å². The number of hydrogen-bond donors (Lipinski definition) is 1. The van der Waals surface area contributed by atoms with E-state index in [1.807, 2.05) is 6.92 Å². The Kier molecular flexibility index (Phi) is 3.83. The molecule has 110 valence electrons. The first kappa shape index (κ1) is 14.6. The highest BCUT2D eigenvalue weighted by Crippen LogP contribution is 2.36. The van der Waals surface area contributed by atoms with Crippen LogP contribution in [0.5, 0.6) is 0 Å². The van der Waals surface area contributed by atoms with Crippen molar-refractivity contribution in [3.8, 4) is 0 Å². The van der Waals surface area contributed by atoms with Crippen LogP contribution in [0.2, 0.25) is 0 Å². The summed E-state index contributed by atoms with van der Waals surface area (Å²) in [4.78, 5) is 25.6. The van der Waals surface area contributed by atoms with Crippen molar-refractivity contribution in [1.82, 2.24) is 10.1 Å². The van der Waals surface area contributed by atoms with E-state index in [0.717, 1.165) is 6.42 Å². The lowest BCUT2D eigenvalue weighted by atomic mass is 9.83. The largest absolute Gasteiger partial charge is 0.481 e. The molecule has 0 aliphatic carbocycles. The topological polar surface area (TPSA) is 83.6 Å². The number of aliphatic carboxylic acids is 1. The Bertz CT molecular complexity index is 518. The van der Waals surface area contributed by atoms with Gasteiger partial charge in [0.1, 0.15) is 11.3 Å². The molecule has 0 bridgehead atoms. The number of likely N-dealkylation sites (tertiary alicyclic amines) is 1. The minimum absolute atomic E-state index is 0.180. The maximum Gasteiger partial charge on any atom is 0.311 e. The second kappa shape index (κ2) is 5.26. The van der Waals surface area contributed by atoms with Crippen LogP contribution >= 0.6 is 0 Å². The number of carbonyl (C=O) groups is 2. The molecule has 1 aliphatic rings. The van der Waals surface area contributed by atoms with Crippen LogP contribution in [0.4, 0.5) is 0 Å². The SMILES string of the molecule is CCCC1(C(=O)O)CCN(C(=O)c2c(C)noc2C)C1. The van der Waals surface area contributed by atoms with Gasteiger partial charge in [-0.15, -0.1) is 0 Å². The van der Waals surface area contributed by atoms with Crippen LogP contribution in [0.15, 0.2) is 4.52 Å². The molecule has 2 heterocycles. The zero-order valence-electron chi connectivity index (χ0n) is 12.1. The number of hydrogen-bond acceptors (Lipinski definition) is 4. The molecular formula is C14H20N2O4. The molecule has 1 aliphatic heterocycles. The Morgan fingerprint density at radius 1 is 1.45 bits per heavy atom. The van der Waals surface area contributed by atoms with E-state index >= 15 is 0 Å². The van der Waals surface area contributed by atoms with Crippen molar-refractivity contribution >= 4 is 11.9 Å². The number of rotatable bonds is 4. The first-order valence-corrected chi connectivity index (χ1v) is 6.87. The van der Waals surface area contributed by atoms with E-state index < -0.39 is 11.4 Å². The molecule has 20 heavy (non-hydrogen) atoms. The monoisotopic (exact) mass is 280 g/mol. The lowest BCUT2D eigenvalue weighted by Crippen LogP contribution is -2.37. The fourth-order valence-corrected chi connectivity index (χ4v) is 2.96. The van der Waals surface area contributed by atoms with Gasteiger partial charge in [0, 0.05) is 13.1 Å². The molecule has 2 rings (SSSR count). The van der Waals surface area contributed by atoms with Crippen molar-refractivity contribution in [2.75, 3.05) is 13.1 Å². The quantitative estimate of drug-likeness (QED) is 0.912. The molecule has 1 aromatic heterocycles. The number of carboxylic acids is 1.